The third-order valence-electron chi connectivity index (χ3n) is 6.63. The second kappa shape index (κ2) is 9.49. The van der Waals surface area contributed by atoms with Crippen molar-refractivity contribution in [1.82, 2.24) is 4.31 Å². The number of hydrogen-bond acceptors (Lipinski definition) is 3. The number of sulfonamides is 1. The number of benzene rings is 1. The summed E-state index contributed by atoms with van der Waals surface area (Å²) >= 11 is 5.98. The fourth-order valence-electron chi connectivity index (χ4n) is 5.07. The molecule has 1 saturated heterocycles. The van der Waals surface area contributed by atoms with Crippen LogP contribution in [0.2, 0.25) is 5.02 Å². The Morgan fingerprint density at radius 3 is 2.31 bits per heavy atom. The highest BCUT2D eigenvalue weighted by molar-refractivity contribution is 7.89. The Bertz CT molecular complexity index is 800. The number of hydrogen-bond donors (Lipinski definition) is 0. The Morgan fingerprint density at radius 2 is 1.76 bits per heavy atom. The van der Waals surface area contributed by atoms with Crippen molar-refractivity contribution in [3.05, 3.63) is 29.3 Å². The van der Waals surface area contributed by atoms with Crippen LogP contribution in [0, 0.1) is 5.41 Å². The van der Waals surface area contributed by atoms with Gasteiger partial charge in [0.25, 0.3) is 0 Å². The first-order valence-corrected chi connectivity index (χ1v) is 12.9. The molecule has 0 aromatic heterocycles. The first kappa shape index (κ1) is 22.8. The van der Waals surface area contributed by atoms with Crippen LogP contribution in [0.15, 0.2) is 29.2 Å². The topological polar surface area (TPSA) is 54.5 Å². The van der Waals surface area contributed by atoms with E-state index in [-0.39, 0.29) is 23.3 Å². The number of carbonyl (C=O) groups is 1. The summed E-state index contributed by atoms with van der Waals surface area (Å²) < 4.78 is 28.9. The van der Waals surface area contributed by atoms with Crippen molar-refractivity contribution in [3.8, 4) is 0 Å². The summed E-state index contributed by atoms with van der Waals surface area (Å²) in [6.07, 6.45) is 10.7. The maximum absolute atomic E-state index is 13.6. The zero-order chi connectivity index (χ0) is 21.1. The van der Waals surface area contributed by atoms with Gasteiger partial charge in [0, 0.05) is 23.5 Å². The molecule has 2 fully saturated rings. The van der Waals surface area contributed by atoms with E-state index in [0.29, 0.717) is 16.3 Å². The summed E-state index contributed by atoms with van der Waals surface area (Å²) in [5.41, 5.74) is 0.212. The largest absolute Gasteiger partial charge is 0.300 e. The summed E-state index contributed by atoms with van der Waals surface area (Å²) in [6, 6.07) is 6.68. The molecular weight excluding hydrogens is 406 g/mol. The van der Waals surface area contributed by atoms with Crippen LogP contribution in [0.4, 0.5) is 0 Å². The van der Waals surface area contributed by atoms with Crippen molar-refractivity contribution in [2.75, 3.05) is 0 Å². The van der Waals surface area contributed by atoms with Gasteiger partial charge in [-0.2, -0.15) is 4.31 Å². The molecule has 1 aliphatic heterocycles. The maximum Gasteiger partial charge on any atom is 0.243 e. The van der Waals surface area contributed by atoms with Gasteiger partial charge in [0.05, 0.1) is 4.90 Å². The molecule has 1 aliphatic carbocycles. The molecule has 3 rings (SSSR count). The normalized spacial score (nSPS) is 24.4. The number of carbonyl (C=O) groups excluding carboxylic acids is 1. The van der Waals surface area contributed by atoms with Gasteiger partial charge in [-0.1, -0.05) is 37.8 Å². The van der Waals surface area contributed by atoms with Gasteiger partial charge in [-0.3, -0.25) is 0 Å². The van der Waals surface area contributed by atoms with Gasteiger partial charge < -0.3 is 4.79 Å². The van der Waals surface area contributed by atoms with Gasteiger partial charge >= 0.3 is 0 Å². The van der Waals surface area contributed by atoms with Crippen molar-refractivity contribution in [1.29, 1.82) is 0 Å². The molecule has 0 amide bonds. The summed E-state index contributed by atoms with van der Waals surface area (Å²) in [7, 11) is -3.55. The zero-order valence-electron chi connectivity index (χ0n) is 17.7. The molecule has 0 radical (unpaired) electrons. The fourth-order valence-corrected chi connectivity index (χ4v) is 7.13. The lowest BCUT2D eigenvalue weighted by Gasteiger charge is -2.41. The second-order valence-corrected chi connectivity index (χ2v) is 11.4. The molecule has 1 aromatic rings. The zero-order valence-corrected chi connectivity index (χ0v) is 19.3. The monoisotopic (exact) mass is 439 g/mol. The fraction of sp³-hybridized carbons (Fsp3) is 0.696. The highest BCUT2D eigenvalue weighted by atomic mass is 35.5. The highest BCUT2D eigenvalue weighted by Gasteiger charge is 2.44. The molecule has 0 spiro atoms. The standard InChI is InChI=1S/C23H34ClNO3S/c1-3-6-20-7-4-8-21(9-5-14-23(15-16-23)17-18(2)26)25(20)29(27,28)22-12-10-19(24)11-13-22/h10-13,20-21H,3-9,14-17H2,1-2H3. The minimum atomic E-state index is -3.55. The number of rotatable bonds is 10. The summed E-state index contributed by atoms with van der Waals surface area (Å²) in [6.45, 7) is 3.80. The Balaban J connectivity index is 1.75. The molecule has 1 heterocycles. The molecule has 6 heteroatoms. The molecule has 1 saturated carbocycles. The van der Waals surface area contributed by atoms with Gasteiger partial charge in [-0.15, -0.1) is 0 Å². The van der Waals surface area contributed by atoms with Crippen LogP contribution in [0.3, 0.4) is 0 Å². The molecule has 29 heavy (non-hydrogen) atoms. The second-order valence-electron chi connectivity index (χ2n) is 9.09. The Kier molecular flexibility index (Phi) is 7.45. The van der Waals surface area contributed by atoms with Crippen LogP contribution < -0.4 is 0 Å². The molecular formula is C23H34ClNO3S. The van der Waals surface area contributed by atoms with Gasteiger partial charge in [0.2, 0.25) is 10.0 Å². The lowest BCUT2D eigenvalue weighted by molar-refractivity contribution is -0.118. The maximum atomic E-state index is 13.6. The SMILES string of the molecule is CCCC1CCCC(CCCC2(CC(C)=O)CC2)N1S(=O)(=O)c1ccc(Cl)cc1. The molecule has 0 bridgehead atoms. The van der Waals surface area contributed by atoms with E-state index in [1.807, 2.05) is 4.31 Å². The van der Waals surface area contributed by atoms with E-state index in [1.165, 1.54) is 0 Å². The highest BCUT2D eigenvalue weighted by Crippen LogP contribution is 2.53. The minimum Gasteiger partial charge on any atom is -0.300 e. The van der Waals surface area contributed by atoms with Crippen LogP contribution in [0.5, 0.6) is 0 Å². The van der Waals surface area contributed by atoms with E-state index in [1.54, 1.807) is 31.2 Å². The predicted molar refractivity (Wildman–Crippen MR) is 118 cm³/mol. The molecule has 1 aromatic carbocycles. The van der Waals surface area contributed by atoms with Crippen LogP contribution >= 0.6 is 11.6 Å². The minimum absolute atomic E-state index is 0.0501. The van der Waals surface area contributed by atoms with Crippen LogP contribution in [0.1, 0.15) is 84.5 Å². The van der Waals surface area contributed by atoms with E-state index < -0.39 is 10.0 Å². The third kappa shape index (κ3) is 5.62. The molecule has 2 aliphatic rings. The van der Waals surface area contributed by atoms with Gasteiger partial charge in [0.1, 0.15) is 5.78 Å². The number of piperidine rings is 1. The van der Waals surface area contributed by atoms with Crippen molar-refractivity contribution >= 4 is 27.4 Å². The first-order chi connectivity index (χ1) is 13.8. The van der Waals surface area contributed by atoms with E-state index >= 15 is 0 Å². The van der Waals surface area contributed by atoms with Gasteiger partial charge in [0.15, 0.2) is 0 Å². The molecule has 2 atom stereocenters. The quantitative estimate of drug-likeness (QED) is 0.450. The first-order valence-electron chi connectivity index (χ1n) is 11.1. The van der Waals surface area contributed by atoms with Crippen LogP contribution in [-0.2, 0) is 14.8 Å². The predicted octanol–water partition coefficient (Wildman–Crippen LogP) is 5.98. The van der Waals surface area contributed by atoms with E-state index in [0.717, 1.165) is 64.2 Å². The van der Waals surface area contributed by atoms with Crippen LogP contribution in [-0.4, -0.2) is 30.6 Å². The van der Waals surface area contributed by atoms with Crippen LogP contribution in [0.25, 0.3) is 0 Å². The number of Topliss-reactive ketones (excluding diaryl/α,β-unsaturated/α-hetero) is 1. The Labute approximate surface area is 181 Å². The summed E-state index contributed by atoms with van der Waals surface area (Å²) in [4.78, 5) is 11.9. The van der Waals surface area contributed by atoms with Crippen molar-refractivity contribution in [2.45, 2.75) is 101 Å². The van der Waals surface area contributed by atoms with Crippen molar-refractivity contribution in [3.63, 3.8) is 0 Å². The third-order valence-corrected chi connectivity index (χ3v) is 8.90. The van der Waals surface area contributed by atoms with Gasteiger partial charge in [-0.05, 0) is 81.5 Å². The van der Waals surface area contributed by atoms with Crippen molar-refractivity contribution in [2.24, 2.45) is 5.41 Å². The average Bonchev–Trinajstić information content (AvgIpc) is 3.41. The lowest BCUT2D eigenvalue weighted by Crippen LogP contribution is -2.49. The number of halogens is 1. The molecule has 0 N–H and O–H groups in total. The number of ketones is 1. The van der Waals surface area contributed by atoms with E-state index in [9.17, 15) is 13.2 Å². The van der Waals surface area contributed by atoms with E-state index in [2.05, 4.69) is 6.92 Å². The number of nitrogens with zero attached hydrogens (tertiary/aromatic N) is 1. The average molecular weight is 440 g/mol. The molecule has 162 valence electrons. The Morgan fingerprint density at radius 1 is 1.14 bits per heavy atom. The smallest absolute Gasteiger partial charge is 0.243 e. The van der Waals surface area contributed by atoms with Gasteiger partial charge in [-0.25, -0.2) is 8.42 Å². The summed E-state index contributed by atoms with van der Waals surface area (Å²) in [5, 5.41) is 0.546. The molecule has 2 unspecified atom stereocenters. The lowest BCUT2D eigenvalue weighted by atomic mass is 9.89. The summed E-state index contributed by atoms with van der Waals surface area (Å²) in [5.74, 6) is 0.273. The van der Waals surface area contributed by atoms with E-state index in [4.69, 9.17) is 11.6 Å². The Hall–Kier alpha value is -0.910. The van der Waals surface area contributed by atoms with Crippen molar-refractivity contribution < 1.29 is 13.2 Å². The molecule has 4 nitrogen and oxygen atoms in total.